The summed E-state index contributed by atoms with van der Waals surface area (Å²) in [5.41, 5.74) is 1.24. The highest BCUT2D eigenvalue weighted by Crippen LogP contribution is 2.20. The summed E-state index contributed by atoms with van der Waals surface area (Å²) in [7, 11) is 1.76. The van der Waals surface area contributed by atoms with Crippen molar-refractivity contribution in [3.8, 4) is 0 Å². The molecule has 94 valence electrons. The van der Waals surface area contributed by atoms with Crippen molar-refractivity contribution in [3.05, 3.63) is 47.0 Å². The number of nitrogens with one attached hydrogen (secondary N) is 3. The Bertz CT molecular complexity index is 539. The van der Waals surface area contributed by atoms with E-state index in [0.717, 1.165) is 5.69 Å². The first kappa shape index (κ1) is 12.4. The van der Waals surface area contributed by atoms with Gasteiger partial charge in [0.25, 0.3) is 5.91 Å². The van der Waals surface area contributed by atoms with E-state index >= 15 is 0 Å². The Balaban J connectivity index is 2.10. The maximum absolute atomic E-state index is 12.0. The van der Waals surface area contributed by atoms with Crippen molar-refractivity contribution in [2.75, 3.05) is 12.4 Å². The Morgan fingerprint density at radius 1 is 1.50 bits per heavy atom. The number of benzene rings is 1. The molecule has 1 aromatic carbocycles. The van der Waals surface area contributed by atoms with Gasteiger partial charge in [0, 0.05) is 30.2 Å². The number of halogens is 1. The maximum atomic E-state index is 12.0. The normalized spacial score (nSPS) is 10.1. The lowest BCUT2D eigenvalue weighted by Gasteiger charge is -2.09. The summed E-state index contributed by atoms with van der Waals surface area (Å²) in [6, 6.07) is 5.13. The van der Waals surface area contributed by atoms with Gasteiger partial charge in [-0.15, -0.1) is 0 Å². The van der Waals surface area contributed by atoms with Gasteiger partial charge < -0.3 is 15.6 Å². The van der Waals surface area contributed by atoms with E-state index in [4.69, 9.17) is 11.6 Å². The predicted molar refractivity (Wildman–Crippen MR) is 70.8 cm³/mol. The molecular formula is C12H13ClN4O. The van der Waals surface area contributed by atoms with E-state index in [9.17, 15) is 4.79 Å². The molecule has 0 saturated heterocycles. The number of carbonyl (C=O) groups excluding carboxylic acids is 1. The second-order valence-corrected chi connectivity index (χ2v) is 4.09. The van der Waals surface area contributed by atoms with E-state index in [2.05, 4.69) is 20.6 Å². The molecule has 0 atom stereocenters. The van der Waals surface area contributed by atoms with Gasteiger partial charge in [0.15, 0.2) is 0 Å². The SMILES string of the molecule is CNc1ccc(Cl)cc1C(=O)NCc1ncc[nH]1. The minimum Gasteiger partial charge on any atom is -0.387 e. The summed E-state index contributed by atoms with van der Waals surface area (Å²) in [4.78, 5) is 19.0. The van der Waals surface area contributed by atoms with Crippen LogP contribution in [0.5, 0.6) is 0 Å². The number of hydrogen-bond acceptors (Lipinski definition) is 3. The molecule has 0 aliphatic rings. The van der Waals surface area contributed by atoms with Gasteiger partial charge in [-0.05, 0) is 18.2 Å². The van der Waals surface area contributed by atoms with Crippen LogP contribution in [0.15, 0.2) is 30.6 Å². The van der Waals surface area contributed by atoms with Gasteiger partial charge in [-0.25, -0.2) is 4.98 Å². The van der Waals surface area contributed by atoms with Crippen LogP contribution in [0.25, 0.3) is 0 Å². The van der Waals surface area contributed by atoms with Crippen LogP contribution in [0.2, 0.25) is 5.02 Å². The average Bonchev–Trinajstić information content (AvgIpc) is 2.89. The van der Waals surface area contributed by atoms with Crippen molar-refractivity contribution in [1.82, 2.24) is 15.3 Å². The Morgan fingerprint density at radius 2 is 2.33 bits per heavy atom. The van der Waals surface area contributed by atoms with Crippen molar-refractivity contribution >= 4 is 23.2 Å². The highest BCUT2D eigenvalue weighted by molar-refractivity contribution is 6.31. The van der Waals surface area contributed by atoms with E-state index < -0.39 is 0 Å². The molecule has 0 aliphatic carbocycles. The number of aromatic amines is 1. The minimum atomic E-state index is -0.196. The quantitative estimate of drug-likeness (QED) is 0.791. The molecule has 1 heterocycles. The summed E-state index contributed by atoms with van der Waals surface area (Å²) >= 11 is 5.89. The highest BCUT2D eigenvalue weighted by Gasteiger charge is 2.11. The zero-order valence-corrected chi connectivity index (χ0v) is 10.6. The van der Waals surface area contributed by atoms with Crippen LogP contribution in [-0.2, 0) is 6.54 Å². The minimum absolute atomic E-state index is 0.196. The number of rotatable bonds is 4. The van der Waals surface area contributed by atoms with Gasteiger partial charge in [-0.2, -0.15) is 0 Å². The van der Waals surface area contributed by atoms with Gasteiger partial charge in [0.2, 0.25) is 0 Å². The molecule has 5 nitrogen and oxygen atoms in total. The molecule has 6 heteroatoms. The monoisotopic (exact) mass is 264 g/mol. The number of amides is 1. The molecule has 18 heavy (non-hydrogen) atoms. The number of H-pyrrole nitrogens is 1. The van der Waals surface area contributed by atoms with Gasteiger partial charge in [0.05, 0.1) is 12.1 Å². The fourth-order valence-electron chi connectivity index (χ4n) is 1.58. The third kappa shape index (κ3) is 2.81. The first-order chi connectivity index (χ1) is 8.70. The second kappa shape index (κ2) is 5.55. The van der Waals surface area contributed by atoms with Crippen molar-refractivity contribution < 1.29 is 4.79 Å². The first-order valence-electron chi connectivity index (χ1n) is 5.44. The molecule has 0 bridgehead atoms. The standard InChI is InChI=1S/C12H13ClN4O/c1-14-10-3-2-8(13)6-9(10)12(18)17-7-11-15-4-5-16-11/h2-6,14H,7H2,1H3,(H,15,16)(H,17,18). The summed E-state index contributed by atoms with van der Waals surface area (Å²) in [6.45, 7) is 0.349. The number of anilines is 1. The van der Waals surface area contributed by atoms with Crippen LogP contribution in [0.3, 0.4) is 0 Å². The van der Waals surface area contributed by atoms with Gasteiger partial charge in [0.1, 0.15) is 5.82 Å². The molecule has 3 N–H and O–H groups in total. The van der Waals surface area contributed by atoms with Gasteiger partial charge in [-0.3, -0.25) is 4.79 Å². The molecule has 1 amide bonds. The Kier molecular flexibility index (Phi) is 3.84. The van der Waals surface area contributed by atoms with Crippen LogP contribution in [0.1, 0.15) is 16.2 Å². The predicted octanol–water partition coefficient (Wildman–Crippen LogP) is 2.03. The summed E-state index contributed by atoms with van der Waals surface area (Å²) in [5, 5.41) is 6.25. The first-order valence-corrected chi connectivity index (χ1v) is 5.82. The molecule has 0 aliphatic heterocycles. The lowest BCUT2D eigenvalue weighted by Crippen LogP contribution is -2.24. The Morgan fingerprint density at radius 3 is 3.00 bits per heavy atom. The number of aromatic nitrogens is 2. The van der Waals surface area contributed by atoms with Crippen molar-refractivity contribution in [2.45, 2.75) is 6.54 Å². The van der Waals surface area contributed by atoms with Crippen molar-refractivity contribution in [2.24, 2.45) is 0 Å². The second-order valence-electron chi connectivity index (χ2n) is 3.66. The highest BCUT2D eigenvalue weighted by atomic mass is 35.5. The fourth-order valence-corrected chi connectivity index (χ4v) is 1.75. The lowest BCUT2D eigenvalue weighted by molar-refractivity contribution is 0.0951. The summed E-state index contributed by atoms with van der Waals surface area (Å²) in [5.74, 6) is 0.509. The van der Waals surface area contributed by atoms with E-state index in [1.54, 1.807) is 37.6 Å². The molecule has 2 aromatic rings. The van der Waals surface area contributed by atoms with Crippen LogP contribution >= 0.6 is 11.6 Å². The Labute approximate surface area is 110 Å². The van der Waals surface area contributed by atoms with Crippen LogP contribution < -0.4 is 10.6 Å². The molecule has 0 spiro atoms. The number of hydrogen-bond donors (Lipinski definition) is 3. The van der Waals surface area contributed by atoms with E-state index in [1.165, 1.54) is 0 Å². The third-order valence-corrected chi connectivity index (χ3v) is 2.70. The summed E-state index contributed by atoms with van der Waals surface area (Å²) < 4.78 is 0. The fraction of sp³-hybridized carbons (Fsp3) is 0.167. The molecule has 0 saturated carbocycles. The van der Waals surface area contributed by atoms with Gasteiger partial charge >= 0.3 is 0 Å². The number of nitrogens with zero attached hydrogens (tertiary/aromatic N) is 1. The lowest BCUT2D eigenvalue weighted by atomic mass is 10.1. The smallest absolute Gasteiger partial charge is 0.253 e. The largest absolute Gasteiger partial charge is 0.387 e. The zero-order chi connectivity index (χ0) is 13.0. The van der Waals surface area contributed by atoms with E-state index in [0.29, 0.717) is 23.0 Å². The van der Waals surface area contributed by atoms with Crippen LogP contribution in [0, 0.1) is 0 Å². The molecule has 1 aromatic heterocycles. The van der Waals surface area contributed by atoms with Crippen LogP contribution in [0.4, 0.5) is 5.69 Å². The van der Waals surface area contributed by atoms with Gasteiger partial charge in [-0.1, -0.05) is 11.6 Å². The molecular weight excluding hydrogens is 252 g/mol. The molecule has 2 rings (SSSR count). The van der Waals surface area contributed by atoms with E-state index in [1.807, 2.05) is 0 Å². The average molecular weight is 265 g/mol. The van der Waals surface area contributed by atoms with Crippen molar-refractivity contribution in [1.29, 1.82) is 0 Å². The topological polar surface area (TPSA) is 69.8 Å². The van der Waals surface area contributed by atoms with Crippen LogP contribution in [-0.4, -0.2) is 22.9 Å². The molecule has 0 unspecified atom stereocenters. The summed E-state index contributed by atoms with van der Waals surface area (Å²) in [6.07, 6.45) is 3.35. The molecule has 0 radical (unpaired) electrons. The Hall–Kier alpha value is -2.01. The van der Waals surface area contributed by atoms with Crippen molar-refractivity contribution in [3.63, 3.8) is 0 Å². The number of imidazole rings is 1. The zero-order valence-electron chi connectivity index (χ0n) is 9.83. The third-order valence-electron chi connectivity index (χ3n) is 2.47. The maximum Gasteiger partial charge on any atom is 0.253 e. The molecule has 0 fully saturated rings. The van der Waals surface area contributed by atoms with E-state index in [-0.39, 0.29) is 5.91 Å². The number of carbonyl (C=O) groups is 1.